The lowest BCUT2D eigenvalue weighted by Crippen LogP contribution is -2.41. The van der Waals surface area contributed by atoms with E-state index in [1.807, 2.05) is 37.3 Å². The van der Waals surface area contributed by atoms with E-state index in [1.54, 1.807) is 4.68 Å². The molecule has 1 unspecified atom stereocenters. The Balaban J connectivity index is 1.51. The summed E-state index contributed by atoms with van der Waals surface area (Å²) in [5.74, 6) is 1.04. The van der Waals surface area contributed by atoms with Crippen molar-refractivity contribution >= 4 is 5.91 Å². The fourth-order valence-electron chi connectivity index (χ4n) is 4.64. The Morgan fingerprint density at radius 2 is 2.14 bits per heavy atom. The molecule has 2 aromatic heterocycles. The molecule has 0 spiro atoms. The number of rotatable bonds is 7. The Bertz CT molecular complexity index is 806. The second-order valence-electron chi connectivity index (χ2n) is 8.18. The highest BCUT2D eigenvalue weighted by Gasteiger charge is 2.32. The van der Waals surface area contributed by atoms with Gasteiger partial charge in [0.15, 0.2) is 0 Å². The molecular weight excluding hydrogens is 354 g/mol. The predicted molar refractivity (Wildman–Crippen MR) is 106 cm³/mol. The SMILES string of the molecule is CCOCC1CN(C(=O)Cc2ccn(C)n2)Cc2cnn(CC3CCCC3)c21. The highest BCUT2D eigenvalue weighted by molar-refractivity contribution is 5.78. The summed E-state index contributed by atoms with van der Waals surface area (Å²) in [6.07, 6.45) is 9.47. The summed E-state index contributed by atoms with van der Waals surface area (Å²) in [5, 5.41) is 9.06. The number of ether oxygens (including phenoxy) is 1. The first-order chi connectivity index (χ1) is 13.6. The molecule has 1 fully saturated rings. The van der Waals surface area contributed by atoms with Gasteiger partial charge >= 0.3 is 0 Å². The first-order valence-corrected chi connectivity index (χ1v) is 10.5. The molecule has 152 valence electrons. The van der Waals surface area contributed by atoms with Gasteiger partial charge in [-0.25, -0.2) is 0 Å². The van der Waals surface area contributed by atoms with Crippen LogP contribution in [0, 0.1) is 5.92 Å². The maximum atomic E-state index is 12.9. The number of hydrogen-bond acceptors (Lipinski definition) is 4. The van der Waals surface area contributed by atoms with Gasteiger partial charge in [0, 0.05) is 51.0 Å². The molecule has 3 heterocycles. The smallest absolute Gasteiger partial charge is 0.228 e. The summed E-state index contributed by atoms with van der Waals surface area (Å²) >= 11 is 0. The molecule has 28 heavy (non-hydrogen) atoms. The molecule has 0 N–H and O–H groups in total. The molecule has 1 aliphatic heterocycles. The number of hydrogen-bond donors (Lipinski definition) is 0. The topological polar surface area (TPSA) is 65.2 Å². The summed E-state index contributed by atoms with van der Waals surface area (Å²) in [5.41, 5.74) is 3.27. The number of nitrogens with zero attached hydrogens (tertiary/aromatic N) is 5. The number of fused-ring (bicyclic) bond motifs is 1. The van der Waals surface area contributed by atoms with Crippen molar-refractivity contribution in [1.29, 1.82) is 0 Å². The van der Waals surface area contributed by atoms with Crippen molar-refractivity contribution in [2.75, 3.05) is 19.8 Å². The van der Waals surface area contributed by atoms with Crippen LogP contribution in [0.15, 0.2) is 18.5 Å². The van der Waals surface area contributed by atoms with Crippen molar-refractivity contribution in [2.24, 2.45) is 13.0 Å². The summed E-state index contributed by atoms with van der Waals surface area (Å²) in [6.45, 7) is 5.66. The Labute approximate surface area is 166 Å². The highest BCUT2D eigenvalue weighted by Crippen LogP contribution is 2.32. The minimum absolute atomic E-state index is 0.120. The summed E-state index contributed by atoms with van der Waals surface area (Å²) in [4.78, 5) is 14.8. The molecule has 2 aromatic rings. The van der Waals surface area contributed by atoms with Gasteiger partial charge in [-0.05, 0) is 31.7 Å². The van der Waals surface area contributed by atoms with E-state index in [2.05, 4.69) is 9.78 Å². The molecule has 0 radical (unpaired) electrons. The third-order valence-corrected chi connectivity index (χ3v) is 6.03. The van der Waals surface area contributed by atoms with Crippen molar-refractivity contribution in [1.82, 2.24) is 24.5 Å². The fraction of sp³-hybridized carbons (Fsp3) is 0.667. The van der Waals surface area contributed by atoms with Crippen molar-refractivity contribution < 1.29 is 9.53 Å². The number of aromatic nitrogens is 4. The Morgan fingerprint density at radius 1 is 1.32 bits per heavy atom. The lowest BCUT2D eigenvalue weighted by atomic mass is 9.96. The number of aryl methyl sites for hydroxylation is 1. The van der Waals surface area contributed by atoms with Gasteiger partial charge in [0.1, 0.15) is 0 Å². The van der Waals surface area contributed by atoms with Gasteiger partial charge in [0.05, 0.1) is 30.6 Å². The molecule has 1 atom stereocenters. The molecular formula is C21H31N5O2. The highest BCUT2D eigenvalue weighted by atomic mass is 16.5. The first kappa shape index (κ1) is 19.2. The average Bonchev–Trinajstić information content (AvgIpc) is 3.42. The molecule has 0 aromatic carbocycles. The van der Waals surface area contributed by atoms with Crippen LogP contribution in [0.3, 0.4) is 0 Å². The molecule has 0 bridgehead atoms. The van der Waals surface area contributed by atoms with E-state index in [0.29, 0.717) is 32.7 Å². The van der Waals surface area contributed by atoms with E-state index in [1.165, 1.54) is 36.9 Å². The van der Waals surface area contributed by atoms with Crippen molar-refractivity contribution in [3.05, 3.63) is 35.4 Å². The van der Waals surface area contributed by atoms with Gasteiger partial charge in [-0.15, -0.1) is 0 Å². The second-order valence-corrected chi connectivity index (χ2v) is 8.18. The van der Waals surface area contributed by atoms with Crippen molar-refractivity contribution in [2.45, 2.75) is 58.0 Å². The monoisotopic (exact) mass is 385 g/mol. The van der Waals surface area contributed by atoms with Crippen molar-refractivity contribution in [3.8, 4) is 0 Å². The molecule has 0 saturated heterocycles. The summed E-state index contributed by atoms with van der Waals surface area (Å²) < 4.78 is 9.72. The van der Waals surface area contributed by atoms with E-state index in [-0.39, 0.29) is 11.8 Å². The van der Waals surface area contributed by atoms with Crippen LogP contribution >= 0.6 is 0 Å². The second kappa shape index (κ2) is 8.47. The van der Waals surface area contributed by atoms with E-state index >= 15 is 0 Å². The average molecular weight is 386 g/mol. The maximum Gasteiger partial charge on any atom is 0.228 e. The van der Waals surface area contributed by atoms with Gasteiger partial charge in [-0.2, -0.15) is 10.2 Å². The van der Waals surface area contributed by atoms with Crippen LogP contribution in [0.1, 0.15) is 55.5 Å². The maximum absolute atomic E-state index is 12.9. The van der Waals surface area contributed by atoms with Crippen LogP contribution in [0.5, 0.6) is 0 Å². The predicted octanol–water partition coefficient (Wildman–Crippen LogP) is 2.51. The van der Waals surface area contributed by atoms with Gasteiger partial charge in [-0.3, -0.25) is 14.2 Å². The number of amides is 1. The standard InChI is InChI=1S/C21H31N5O2/c1-3-28-15-18-14-25(20(27)10-19-8-9-24(2)23-19)13-17-11-22-26(21(17)18)12-16-6-4-5-7-16/h8-9,11,16,18H,3-7,10,12-15H2,1-2H3. The van der Waals surface area contributed by atoms with E-state index in [4.69, 9.17) is 9.84 Å². The minimum Gasteiger partial charge on any atom is -0.381 e. The van der Waals surface area contributed by atoms with Crippen LogP contribution in [-0.2, 0) is 36.1 Å². The molecule has 7 nitrogen and oxygen atoms in total. The third-order valence-electron chi connectivity index (χ3n) is 6.03. The molecule has 1 aliphatic carbocycles. The van der Waals surface area contributed by atoms with Crippen LogP contribution in [0.25, 0.3) is 0 Å². The third kappa shape index (κ3) is 4.14. The van der Waals surface area contributed by atoms with Crippen LogP contribution in [0.4, 0.5) is 0 Å². The first-order valence-electron chi connectivity index (χ1n) is 10.5. The molecule has 7 heteroatoms. The number of carbonyl (C=O) groups is 1. The van der Waals surface area contributed by atoms with Crippen LogP contribution in [-0.4, -0.2) is 50.1 Å². The Hall–Kier alpha value is -2.15. The van der Waals surface area contributed by atoms with Gasteiger partial charge in [0.2, 0.25) is 5.91 Å². The number of carbonyl (C=O) groups excluding carboxylic acids is 1. The zero-order valence-corrected chi connectivity index (χ0v) is 17.0. The van der Waals surface area contributed by atoms with Crippen molar-refractivity contribution in [3.63, 3.8) is 0 Å². The lowest BCUT2D eigenvalue weighted by molar-refractivity contribution is -0.132. The van der Waals surface area contributed by atoms with Gasteiger partial charge in [0.25, 0.3) is 0 Å². The zero-order chi connectivity index (χ0) is 19.5. The molecule has 1 amide bonds. The van der Waals surface area contributed by atoms with E-state index < -0.39 is 0 Å². The molecule has 2 aliphatic rings. The van der Waals surface area contributed by atoms with Crippen LogP contribution in [0.2, 0.25) is 0 Å². The van der Waals surface area contributed by atoms with E-state index in [0.717, 1.165) is 18.2 Å². The largest absolute Gasteiger partial charge is 0.381 e. The molecule has 1 saturated carbocycles. The van der Waals surface area contributed by atoms with Crippen LogP contribution < -0.4 is 0 Å². The molecule has 4 rings (SSSR count). The normalized spacial score (nSPS) is 19.9. The zero-order valence-electron chi connectivity index (χ0n) is 17.0. The fourth-order valence-corrected chi connectivity index (χ4v) is 4.64. The summed E-state index contributed by atoms with van der Waals surface area (Å²) in [7, 11) is 1.87. The quantitative estimate of drug-likeness (QED) is 0.735. The Kier molecular flexibility index (Phi) is 5.80. The lowest BCUT2D eigenvalue weighted by Gasteiger charge is -2.33. The summed E-state index contributed by atoms with van der Waals surface area (Å²) in [6, 6.07) is 1.91. The van der Waals surface area contributed by atoms with E-state index in [9.17, 15) is 4.79 Å². The Morgan fingerprint density at radius 3 is 2.86 bits per heavy atom. The van der Waals surface area contributed by atoms with Gasteiger partial charge < -0.3 is 9.64 Å². The minimum atomic E-state index is 0.120. The van der Waals surface area contributed by atoms with Gasteiger partial charge in [-0.1, -0.05) is 12.8 Å².